The van der Waals surface area contributed by atoms with Gasteiger partial charge in [0, 0.05) is 22.9 Å². The first-order valence-corrected chi connectivity index (χ1v) is 8.03. The highest BCUT2D eigenvalue weighted by atomic mass is 19.4. The van der Waals surface area contributed by atoms with Crippen LogP contribution in [-0.4, -0.2) is 17.5 Å². The number of hydrogen-bond donors (Lipinski definition) is 1. The topological polar surface area (TPSA) is 67.8 Å². The van der Waals surface area contributed by atoms with E-state index < -0.39 is 28.5 Å². The van der Waals surface area contributed by atoms with E-state index in [1.165, 1.54) is 6.07 Å². The summed E-state index contributed by atoms with van der Waals surface area (Å²) in [4.78, 5) is 21.4. The monoisotopic (exact) mass is 347 g/mol. The molecule has 1 aliphatic carbocycles. The Balaban J connectivity index is 2.02. The van der Waals surface area contributed by atoms with Gasteiger partial charge in [0.1, 0.15) is 5.84 Å². The molecule has 7 heteroatoms. The number of nitrogens with two attached hydrogens (primary N) is 1. The number of carbonyl (C=O) groups is 1. The van der Waals surface area contributed by atoms with Crippen LogP contribution in [0.4, 0.5) is 13.2 Å². The van der Waals surface area contributed by atoms with Gasteiger partial charge in [-0.15, -0.1) is 0 Å². The Kier molecular flexibility index (Phi) is 3.08. The van der Waals surface area contributed by atoms with E-state index in [9.17, 15) is 18.0 Å². The molecule has 4 rings (SSSR count). The van der Waals surface area contributed by atoms with E-state index in [1.807, 2.05) is 13.0 Å². The second-order valence-electron chi connectivity index (χ2n) is 6.96. The first-order valence-electron chi connectivity index (χ1n) is 8.03. The Morgan fingerprint density at radius 2 is 2.04 bits per heavy atom. The third-order valence-electron chi connectivity index (χ3n) is 5.85. The predicted molar refractivity (Wildman–Crippen MR) is 87.4 cm³/mol. The normalized spacial score (nSPS) is 30.8. The highest BCUT2D eigenvalue weighted by molar-refractivity contribution is 6.15. The molecule has 0 radical (unpaired) electrons. The van der Waals surface area contributed by atoms with Gasteiger partial charge < -0.3 is 5.73 Å². The van der Waals surface area contributed by atoms with E-state index in [0.29, 0.717) is 30.4 Å². The summed E-state index contributed by atoms with van der Waals surface area (Å²) >= 11 is 0. The van der Waals surface area contributed by atoms with Crippen LogP contribution in [0.15, 0.2) is 40.5 Å². The number of alkyl halides is 3. The molecule has 0 aromatic heterocycles. The zero-order valence-corrected chi connectivity index (χ0v) is 13.5. The molecule has 2 N–H and O–H groups in total. The van der Waals surface area contributed by atoms with E-state index in [-0.39, 0.29) is 5.84 Å². The lowest BCUT2D eigenvalue weighted by atomic mass is 9.58. The molecule has 1 unspecified atom stereocenters. The van der Waals surface area contributed by atoms with Crippen molar-refractivity contribution in [3.8, 4) is 0 Å². The number of benzene rings is 1. The van der Waals surface area contributed by atoms with Crippen LogP contribution in [0.3, 0.4) is 0 Å². The Labute approximate surface area is 142 Å². The summed E-state index contributed by atoms with van der Waals surface area (Å²) in [6, 6.07) is 3.38. The minimum Gasteiger partial charge on any atom is -0.383 e. The molecular formula is C18H16F3N3O. The van der Waals surface area contributed by atoms with Gasteiger partial charge in [-0.3, -0.25) is 9.79 Å². The first-order chi connectivity index (χ1) is 11.7. The van der Waals surface area contributed by atoms with Crippen molar-refractivity contribution in [2.45, 2.75) is 37.8 Å². The van der Waals surface area contributed by atoms with Crippen molar-refractivity contribution in [1.82, 2.24) is 0 Å². The van der Waals surface area contributed by atoms with Crippen LogP contribution < -0.4 is 5.73 Å². The fraction of sp³-hybridized carbons (Fsp3) is 0.389. The zero-order chi connectivity index (χ0) is 18.0. The molecule has 1 amide bonds. The summed E-state index contributed by atoms with van der Waals surface area (Å²) in [6.07, 6.45) is 0.507. The van der Waals surface area contributed by atoms with Gasteiger partial charge in [0.05, 0.1) is 11.0 Å². The number of allylic oxidation sites excluding steroid dienone is 1. The number of carbonyl (C=O) groups excluding carboxylic acids is 1. The SMILES string of the molecule is CC12CC=CN=C1CC[C@]21C(=O)N=C(N)c2ccc(C(F)(F)F)cc21. The molecule has 1 aromatic rings. The van der Waals surface area contributed by atoms with Crippen LogP contribution in [0, 0.1) is 5.41 Å². The summed E-state index contributed by atoms with van der Waals surface area (Å²) in [7, 11) is 0. The summed E-state index contributed by atoms with van der Waals surface area (Å²) in [5, 5.41) is 0. The number of hydrogen-bond acceptors (Lipinski definition) is 3. The molecule has 1 aromatic carbocycles. The lowest BCUT2D eigenvalue weighted by molar-refractivity contribution is -0.138. The molecule has 4 nitrogen and oxygen atoms in total. The van der Waals surface area contributed by atoms with E-state index in [0.717, 1.165) is 17.8 Å². The van der Waals surface area contributed by atoms with Gasteiger partial charge in [0.15, 0.2) is 0 Å². The fourth-order valence-corrected chi connectivity index (χ4v) is 4.49. The van der Waals surface area contributed by atoms with Crippen molar-refractivity contribution in [3.63, 3.8) is 0 Å². The number of halogens is 3. The molecule has 0 saturated heterocycles. The molecular weight excluding hydrogens is 331 g/mol. The maximum Gasteiger partial charge on any atom is 0.416 e. The Hall–Kier alpha value is -2.44. The lowest BCUT2D eigenvalue weighted by Gasteiger charge is -2.44. The van der Waals surface area contributed by atoms with Gasteiger partial charge in [-0.1, -0.05) is 19.1 Å². The van der Waals surface area contributed by atoms with Crippen LogP contribution in [0.5, 0.6) is 0 Å². The Morgan fingerprint density at radius 1 is 1.28 bits per heavy atom. The molecule has 3 aliphatic rings. The molecule has 0 bridgehead atoms. The van der Waals surface area contributed by atoms with E-state index >= 15 is 0 Å². The van der Waals surface area contributed by atoms with Gasteiger partial charge >= 0.3 is 6.18 Å². The van der Waals surface area contributed by atoms with Crippen LogP contribution in [0.25, 0.3) is 0 Å². The Morgan fingerprint density at radius 3 is 2.76 bits per heavy atom. The third-order valence-corrected chi connectivity index (χ3v) is 5.85. The first kappa shape index (κ1) is 16.1. The highest BCUT2D eigenvalue weighted by Gasteiger charge is 2.63. The van der Waals surface area contributed by atoms with Crippen LogP contribution in [0.1, 0.15) is 42.9 Å². The second kappa shape index (κ2) is 4.80. The molecule has 130 valence electrons. The molecule has 2 aliphatic heterocycles. The minimum atomic E-state index is -4.49. The molecule has 25 heavy (non-hydrogen) atoms. The van der Waals surface area contributed by atoms with Crippen molar-refractivity contribution in [2.75, 3.05) is 0 Å². The van der Waals surface area contributed by atoms with Gasteiger partial charge in [-0.25, -0.2) is 0 Å². The molecule has 2 heterocycles. The zero-order valence-electron chi connectivity index (χ0n) is 13.5. The number of aliphatic imine (C=N–C) groups is 2. The molecule has 1 fully saturated rings. The smallest absolute Gasteiger partial charge is 0.383 e. The number of nitrogens with zero attached hydrogens (tertiary/aromatic N) is 2. The predicted octanol–water partition coefficient (Wildman–Crippen LogP) is 3.35. The highest BCUT2D eigenvalue weighted by Crippen LogP contribution is 2.58. The summed E-state index contributed by atoms with van der Waals surface area (Å²) in [6.45, 7) is 1.89. The summed E-state index contributed by atoms with van der Waals surface area (Å²) in [5.74, 6) is -0.500. The summed E-state index contributed by atoms with van der Waals surface area (Å²) < 4.78 is 39.8. The van der Waals surface area contributed by atoms with Crippen molar-refractivity contribution < 1.29 is 18.0 Å². The lowest BCUT2D eigenvalue weighted by Crippen LogP contribution is -2.52. The molecule has 1 spiro atoms. The van der Waals surface area contributed by atoms with Gasteiger partial charge in [-0.05, 0) is 37.0 Å². The minimum absolute atomic E-state index is 0.0281. The van der Waals surface area contributed by atoms with Gasteiger partial charge in [-0.2, -0.15) is 18.2 Å². The van der Waals surface area contributed by atoms with E-state index in [4.69, 9.17) is 5.73 Å². The van der Waals surface area contributed by atoms with E-state index in [2.05, 4.69) is 9.98 Å². The maximum atomic E-state index is 13.3. The summed E-state index contributed by atoms with van der Waals surface area (Å²) in [5.41, 5.74) is 4.79. The third kappa shape index (κ3) is 1.92. The maximum absolute atomic E-state index is 13.3. The second-order valence-corrected chi connectivity index (χ2v) is 6.96. The molecule has 2 atom stereocenters. The number of fused-ring (bicyclic) bond motifs is 4. The van der Waals surface area contributed by atoms with Crippen molar-refractivity contribution in [3.05, 3.63) is 47.2 Å². The van der Waals surface area contributed by atoms with Gasteiger partial charge in [0.2, 0.25) is 0 Å². The van der Waals surface area contributed by atoms with Crippen LogP contribution in [0.2, 0.25) is 0 Å². The van der Waals surface area contributed by atoms with Crippen LogP contribution >= 0.6 is 0 Å². The van der Waals surface area contributed by atoms with Gasteiger partial charge in [0.25, 0.3) is 5.91 Å². The van der Waals surface area contributed by atoms with Crippen molar-refractivity contribution in [1.29, 1.82) is 0 Å². The fourth-order valence-electron chi connectivity index (χ4n) is 4.49. The van der Waals surface area contributed by atoms with Crippen molar-refractivity contribution >= 4 is 17.5 Å². The quantitative estimate of drug-likeness (QED) is 0.782. The number of rotatable bonds is 0. The number of amidine groups is 1. The average Bonchev–Trinajstić information content (AvgIpc) is 2.86. The number of amides is 1. The average molecular weight is 347 g/mol. The Bertz CT molecular complexity index is 884. The van der Waals surface area contributed by atoms with Crippen molar-refractivity contribution in [2.24, 2.45) is 21.1 Å². The van der Waals surface area contributed by atoms with E-state index in [1.54, 1.807) is 6.20 Å². The van der Waals surface area contributed by atoms with Crippen LogP contribution in [-0.2, 0) is 16.4 Å². The largest absolute Gasteiger partial charge is 0.416 e. The molecule has 1 saturated carbocycles. The standard InChI is InChI=1S/C18H16F3N3O/c1-16-6-2-8-23-13(16)5-7-17(16)12-9-10(18(19,20)21)3-4-11(12)14(22)24-15(17)25/h2-4,8-9H,5-7H2,1H3,(H2,22,24,25)/t16?,17-/m0/s1.